The standard InChI is InChI=1S/C19H23ClN2O2/c1-22(2)17-10-8-15(9-11-17)5-4-12-21-19(23)14-24-18-7-3-6-16(20)13-18/h3,6-11,13H,4-5,12,14H2,1-2H3,(H,21,23). The lowest BCUT2D eigenvalue weighted by molar-refractivity contribution is -0.123. The van der Waals surface area contributed by atoms with Crippen molar-refractivity contribution in [3.8, 4) is 5.75 Å². The molecule has 1 amide bonds. The van der Waals surface area contributed by atoms with Crippen LogP contribution in [0, 0.1) is 0 Å². The predicted octanol–water partition coefficient (Wildman–Crippen LogP) is 3.53. The molecule has 0 spiro atoms. The zero-order valence-corrected chi connectivity index (χ0v) is 14.8. The first-order valence-corrected chi connectivity index (χ1v) is 8.34. The Balaban J connectivity index is 1.64. The molecule has 0 aliphatic carbocycles. The van der Waals surface area contributed by atoms with Crippen molar-refractivity contribution in [1.82, 2.24) is 5.32 Å². The highest BCUT2D eigenvalue weighted by atomic mass is 35.5. The highest BCUT2D eigenvalue weighted by molar-refractivity contribution is 6.30. The van der Waals surface area contributed by atoms with Gasteiger partial charge in [-0.3, -0.25) is 4.79 Å². The normalized spacial score (nSPS) is 10.3. The van der Waals surface area contributed by atoms with Crippen molar-refractivity contribution in [3.05, 3.63) is 59.1 Å². The van der Waals surface area contributed by atoms with Gasteiger partial charge in [0.1, 0.15) is 5.75 Å². The van der Waals surface area contributed by atoms with Crippen molar-refractivity contribution in [2.45, 2.75) is 12.8 Å². The maximum absolute atomic E-state index is 11.8. The van der Waals surface area contributed by atoms with Crippen molar-refractivity contribution in [2.24, 2.45) is 0 Å². The first-order chi connectivity index (χ1) is 11.5. The van der Waals surface area contributed by atoms with Gasteiger partial charge in [0.15, 0.2) is 6.61 Å². The predicted molar refractivity (Wildman–Crippen MR) is 99.0 cm³/mol. The van der Waals surface area contributed by atoms with E-state index in [0.29, 0.717) is 17.3 Å². The summed E-state index contributed by atoms with van der Waals surface area (Å²) in [4.78, 5) is 13.8. The molecule has 0 unspecified atom stereocenters. The van der Waals surface area contributed by atoms with Crippen LogP contribution in [-0.4, -0.2) is 33.2 Å². The lowest BCUT2D eigenvalue weighted by atomic mass is 10.1. The van der Waals surface area contributed by atoms with Gasteiger partial charge in [0.2, 0.25) is 0 Å². The molecule has 0 radical (unpaired) electrons. The fraction of sp³-hybridized carbons (Fsp3) is 0.316. The molecule has 0 atom stereocenters. The van der Waals surface area contributed by atoms with Gasteiger partial charge in [0.25, 0.3) is 5.91 Å². The summed E-state index contributed by atoms with van der Waals surface area (Å²) in [5, 5.41) is 3.45. The summed E-state index contributed by atoms with van der Waals surface area (Å²) >= 11 is 5.86. The maximum Gasteiger partial charge on any atom is 0.257 e. The van der Waals surface area contributed by atoms with E-state index >= 15 is 0 Å². The van der Waals surface area contributed by atoms with Gasteiger partial charge in [-0.1, -0.05) is 29.8 Å². The second-order valence-electron chi connectivity index (χ2n) is 5.76. The molecule has 4 nitrogen and oxygen atoms in total. The largest absolute Gasteiger partial charge is 0.484 e. The van der Waals surface area contributed by atoms with Gasteiger partial charge in [-0.2, -0.15) is 0 Å². The van der Waals surface area contributed by atoms with Gasteiger partial charge in [0, 0.05) is 31.4 Å². The molecule has 0 aromatic heterocycles. The van der Waals surface area contributed by atoms with Crippen LogP contribution in [0.1, 0.15) is 12.0 Å². The zero-order chi connectivity index (χ0) is 17.4. The van der Waals surface area contributed by atoms with Gasteiger partial charge in [-0.15, -0.1) is 0 Å². The molecule has 5 heteroatoms. The second-order valence-corrected chi connectivity index (χ2v) is 6.20. The molecule has 0 saturated carbocycles. The summed E-state index contributed by atoms with van der Waals surface area (Å²) in [6.07, 6.45) is 1.83. The number of carbonyl (C=O) groups is 1. The molecule has 2 aromatic rings. The number of hydrogen-bond donors (Lipinski definition) is 1. The summed E-state index contributed by atoms with van der Waals surface area (Å²) in [6.45, 7) is 0.630. The van der Waals surface area contributed by atoms with Crippen LogP contribution in [0.15, 0.2) is 48.5 Å². The second kappa shape index (κ2) is 9.18. The van der Waals surface area contributed by atoms with Crippen LogP contribution < -0.4 is 15.0 Å². The first kappa shape index (κ1) is 18.1. The van der Waals surface area contributed by atoms with Crippen LogP contribution in [0.4, 0.5) is 5.69 Å². The van der Waals surface area contributed by atoms with Crippen LogP contribution in [0.2, 0.25) is 5.02 Å². The molecule has 2 rings (SSSR count). The van der Waals surface area contributed by atoms with Crippen LogP contribution in [0.5, 0.6) is 5.75 Å². The number of ether oxygens (including phenoxy) is 1. The number of nitrogens with zero attached hydrogens (tertiary/aromatic N) is 1. The summed E-state index contributed by atoms with van der Waals surface area (Å²) in [5.41, 5.74) is 2.45. The van der Waals surface area contributed by atoms with E-state index in [1.165, 1.54) is 11.3 Å². The average molecular weight is 347 g/mol. The van der Waals surface area contributed by atoms with Crippen molar-refractivity contribution in [3.63, 3.8) is 0 Å². The summed E-state index contributed by atoms with van der Waals surface area (Å²) in [6, 6.07) is 15.5. The number of halogens is 1. The third-order valence-electron chi connectivity index (χ3n) is 3.58. The van der Waals surface area contributed by atoms with E-state index < -0.39 is 0 Å². The maximum atomic E-state index is 11.8. The molecule has 0 aliphatic heterocycles. The van der Waals surface area contributed by atoms with Gasteiger partial charge >= 0.3 is 0 Å². The third kappa shape index (κ3) is 6.13. The minimum atomic E-state index is -0.127. The number of anilines is 1. The van der Waals surface area contributed by atoms with Crippen LogP contribution in [0.3, 0.4) is 0 Å². The Bertz CT molecular complexity index is 657. The number of aryl methyl sites for hydroxylation is 1. The van der Waals surface area contributed by atoms with Crippen LogP contribution >= 0.6 is 11.6 Å². The molecule has 0 heterocycles. The van der Waals surface area contributed by atoms with Crippen molar-refractivity contribution < 1.29 is 9.53 Å². The van der Waals surface area contributed by atoms with Crippen molar-refractivity contribution >= 4 is 23.2 Å². The SMILES string of the molecule is CN(C)c1ccc(CCCNC(=O)COc2cccc(Cl)c2)cc1. The summed E-state index contributed by atoms with van der Waals surface area (Å²) in [7, 11) is 4.05. The Morgan fingerprint density at radius 2 is 1.92 bits per heavy atom. The fourth-order valence-electron chi connectivity index (χ4n) is 2.24. The third-order valence-corrected chi connectivity index (χ3v) is 3.82. The fourth-order valence-corrected chi connectivity index (χ4v) is 2.42. The number of carbonyl (C=O) groups excluding carboxylic acids is 1. The van der Waals surface area contributed by atoms with Gasteiger partial charge < -0.3 is 15.0 Å². The molecular formula is C19H23ClN2O2. The first-order valence-electron chi connectivity index (χ1n) is 7.96. The number of benzene rings is 2. The highest BCUT2D eigenvalue weighted by Gasteiger charge is 2.03. The van der Waals surface area contributed by atoms with Crippen molar-refractivity contribution in [1.29, 1.82) is 0 Å². The topological polar surface area (TPSA) is 41.6 Å². The molecule has 0 fully saturated rings. The number of rotatable bonds is 8. The van der Waals surface area contributed by atoms with Crippen molar-refractivity contribution in [2.75, 3.05) is 32.1 Å². The van der Waals surface area contributed by atoms with Gasteiger partial charge in [0.05, 0.1) is 0 Å². The van der Waals surface area contributed by atoms with E-state index in [-0.39, 0.29) is 12.5 Å². The summed E-state index contributed by atoms with van der Waals surface area (Å²) < 4.78 is 5.40. The number of nitrogens with one attached hydrogen (secondary N) is 1. The molecule has 1 N–H and O–H groups in total. The number of amides is 1. The molecule has 0 bridgehead atoms. The highest BCUT2D eigenvalue weighted by Crippen LogP contribution is 2.17. The van der Waals surface area contributed by atoms with Gasteiger partial charge in [-0.05, 0) is 48.7 Å². The smallest absolute Gasteiger partial charge is 0.257 e. The molecule has 2 aromatic carbocycles. The van der Waals surface area contributed by atoms with Gasteiger partial charge in [-0.25, -0.2) is 0 Å². The zero-order valence-electron chi connectivity index (χ0n) is 14.1. The van der Waals surface area contributed by atoms with E-state index in [2.05, 4.69) is 34.5 Å². The minimum Gasteiger partial charge on any atom is -0.484 e. The van der Waals surface area contributed by atoms with E-state index in [1.807, 2.05) is 14.1 Å². The molecule has 24 heavy (non-hydrogen) atoms. The monoisotopic (exact) mass is 346 g/mol. The molecule has 0 aliphatic rings. The molecule has 0 saturated heterocycles. The molecular weight excluding hydrogens is 324 g/mol. The Labute approximate surface area is 148 Å². The lowest BCUT2D eigenvalue weighted by Crippen LogP contribution is -2.29. The Morgan fingerprint density at radius 1 is 1.17 bits per heavy atom. The summed E-state index contributed by atoms with van der Waals surface area (Å²) in [5.74, 6) is 0.469. The Morgan fingerprint density at radius 3 is 2.58 bits per heavy atom. The Kier molecular flexibility index (Phi) is 6.94. The average Bonchev–Trinajstić information content (AvgIpc) is 2.57. The van der Waals surface area contributed by atoms with Crippen LogP contribution in [-0.2, 0) is 11.2 Å². The minimum absolute atomic E-state index is 0.00211. The Hall–Kier alpha value is -2.20. The van der Waals surface area contributed by atoms with E-state index in [0.717, 1.165) is 12.8 Å². The van der Waals surface area contributed by atoms with E-state index in [4.69, 9.17) is 16.3 Å². The van der Waals surface area contributed by atoms with Crippen LogP contribution in [0.25, 0.3) is 0 Å². The lowest BCUT2D eigenvalue weighted by Gasteiger charge is -2.12. The molecule has 128 valence electrons. The van der Waals surface area contributed by atoms with E-state index in [1.54, 1.807) is 24.3 Å². The van der Waals surface area contributed by atoms with E-state index in [9.17, 15) is 4.79 Å². The number of hydrogen-bond acceptors (Lipinski definition) is 3. The quantitative estimate of drug-likeness (QED) is 0.743.